The van der Waals surface area contributed by atoms with Gasteiger partial charge in [0.2, 0.25) is 0 Å². The van der Waals surface area contributed by atoms with E-state index in [1.54, 1.807) is 18.5 Å². The molecule has 16 heavy (non-hydrogen) atoms. The molecule has 0 amide bonds. The lowest BCUT2D eigenvalue weighted by molar-refractivity contribution is 0.259. The fourth-order valence-corrected chi connectivity index (χ4v) is 1.56. The fraction of sp³-hybridized carbons (Fsp3) is 0.615. The highest BCUT2D eigenvalue weighted by atomic mass is 16.5. The molecule has 3 nitrogen and oxygen atoms in total. The molecule has 1 N–H and O–H groups in total. The minimum Gasteiger partial charge on any atom is -0.493 e. The Bertz CT molecular complexity index is 289. The number of unbranched alkanes of at least 4 members (excludes halogenated alkanes) is 4. The third-order valence-corrected chi connectivity index (χ3v) is 2.53. The molecule has 90 valence electrons. The molecule has 0 spiro atoms. The molecular weight excluding hydrogens is 202 g/mol. The molecule has 0 aliphatic carbocycles. The van der Waals surface area contributed by atoms with Crippen molar-refractivity contribution in [1.29, 1.82) is 0 Å². The van der Waals surface area contributed by atoms with Gasteiger partial charge in [-0.05, 0) is 12.5 Å². The molecule has 0 radical (unpaired) electrons. The standard InChI is InChI=1S/C13H21NO2/c1-2-3-4-5-6-9-16-13-7-8-14-10-12(13)11-15/h7-8,10,15H,2-6,9,11H2,1H3. The van der Waals surface area contributed by atoms with E-state index in [9.17, 15) is 0 Å². The quantitative estimate of drug-likeness (QED) is 0.689. The second-order valence-corrected chi connectivity index (χ2v) is 3.90. The van der Waals surface area contributed by atoms with Gasteiger partial charge in [0, 0.05) is 18.0 Å². The van der Waals surface area contributed by atoms with E-state index in [1.807, 2.05) is 0 Å². The molecule has 0 aromatic carbocycles. The van der Waals surface area contributed by atoms with Crippen molar-refractivity contribution in [2.75, 3.05) is 6.61 Å². The Balaban J connectivity index is 2.21. The van der Waals surface area contributed by atoms with Gasteiger partial charge in [0.1, 0.15) is 5.75 Å². The molecule has 0 aliphatic heterocycles. The van der Waals surface area contributed by atoms with Crippen molar-refractivity contribution in [2.45, 2.75) is 45.6 Å². The third kappa shape index (κ3) is 4.62. The molecular formula is C13H21NO2. The summed E-state index contributed by atoms with van der Waals surface area (Å²) >= 11 is 0. The van der Waals surface area contributed by atoms with Gasteiger partial charge in [0.05, 0.1) is 13.2 Å². The van der Waals surface area contributed by atoms with E-state index < -0.39 is 0 Å². The summed E-state index contributed by atoms with van der Waals surface area (Å²) in [6.07, 6.45) is 9.47. The van der Waals surface area contributed by atoms with E-state index >= 15 is 0 Å². The Labute approximate surface area is 97.5 Å². The minimum atomic E-state index is -0.0149. The SMILES string of the molecule is CCCCCCCOc1ccncc1CO. The fourth-order valence-electron chi connectivity index (χ4n) is 1.56. The zero-order chi connectivity index (χ0) is 11.6. The van der Waals surface area contributed by atoms with Crippen LogP contribution in [-0.4, -0.2) is 16.7 Å². The number of pyridine rings is 1. The lowest BCUT2D eigenvalue weighted by Gasteiger charge is -2.08. The number of aliphatic hydroxyl groups is 1. The number of aromatic nitrogens is 1. The van der Waals surface area contributed by atoms with E-state index in [0.717, 1.165) is 24.3 Å². The van der Waals surface area contributed by atoms with Crippen molar-refractivity contribution in [2.24, 2.45) is 0 Å². The normalized spacial score (nSPS) is 10.4. The van der Waals surface area contributed by atoms with Crippen LogP contribution in [0.25, 0.3) is 0 Å². The maximum Gasteiger partial charge on any atom is 0.127 e. The van der Waals surface area contributed by atoms with Crippen molar-refractivity contribution in [1.82, 2.24) is 4.98 Å². The highest BCUT2D eigenvalue weighted by molar-refractivity contribution is 5.29. The van der Waals surface area contributed by atoms with Crippen LogP contribution in [0.4, 0.5) is 0 Å². The first-order valence-corrected chi connectivity index (χ1v) is 6.05. The molecule has 0 saturated heterocycles. The largest absolute Gasteiger partial charge is 0.493 e. The van der Waals surface area contributed by atoms with Gasteiger partial charge < -0.3 is 9.84 Å². The zero-order valence-corrected chi connectivity index (χ0v) is 9.98. The van der Waals surface area contributed by atoms with Crippen molar-refractivity contribution >= 4 is 0 Å². The van der Waals surface area contributed by atoms with Crippen molar-refractivity contribution in [3.05, 3.63) is 24.0 Å². The van der Waals surface area contributed by atoms with Gasteiger partial charge in [-0.2, -0.15) is 0 Å². The van der Waals surface area contributed by atoms with Gasteiger partial charge >= 0.3 is 0 Å². The van der Waals surface area contributed by atoms with E-state index in [-0.39, 0.29) is 6.61 Å². The van der Waals surface area contributed by atoms with Crippen LogP contribution in [0.15, 0.2) is 18.5 Å². The molecule has 0 unspecified atom stereocenters. The second kappa shape index (κ2) is 8.11. The molecule has 1 aromatic heterocycles. The predicted molar refractivity (Wildman–Crippen MR) is 64.4 cm³/mol. The van der Waals surface area contributed by atoms with Crippen LogP contribution < -0.4 is 4.74 Å². The Hall–Kier alpha value is -1.09. The molecule has 0 fully saturated rings. The summed E-state index contributed by atoms with van der Waals surface area (Å²) in [5.74, 6) is 0.757. The Morgan fingerprint density at radius 1 is 1.25 bits per heavy atom. The molecule has 1 aromatic rings. The summed E-state index contributed by atoms with van der Waals surface area (Å²) in [6.45, 7) is 2.92. The summed E-state index contributed by atoms with van der Waals surface area (Å²) in [7, 11) is 0. The lowest BCUT2D eigenvalue weighted by atomic mass is 10.2. The maximum absolute atomic E-state index is 9.07. The number of hydrogen-bond acceptors (Lipinski definition) is 3. The Kier molecular flexibility index (Phi) is 6.58. The van der Waals surface area contributed by atoms with Crippen LogP contribution in [0.2, 0.25) is 0 Å². The van der Waals surface area contributed by atoms with Crippen LogP contribution in [-0.2, 0) is 6.61 Å². The molecule has 3 heteroatoms. The van der Waals surface area contributed by atoms with Gasteiger partial charge in [-0.1, -0.05) is 32.6 Å². The maximum atomic E-state index is 9.07. The van der Waals surface area contributed by atoms with Gasteiger partial charge in [-0.3, -0.25) is 4.98 Å². The molecule has 0 atom stereocenters. The second-order valence-electron chi connectivity index (χ2n) is 3.90. The molecule has 0 bridgehead atoms. The summed E-state index contributed by atoms with van der Waals surface area (Å²) in [5.41, 5.74) is 0.760. The van der Waals surface area contributed by atoms with Crippen molar-refractivity contribution in [3.8, 4) is 5.75 Å². The third-order valence-electron chi connectivity index (χ3n) is 2.53. The molecule has 1 heterocycles. The van der Waals surface area contributed by atoms with Crippen molar-refractivity contribution < 1.29 is 9.84 Å². The summed E-state index contributed by atoms with van der Waals surface area (Å²) in [4.78, 5) is 3.94. The minimum absolute atomic E-state index is 0.0149. The summed E-state index contributed by atoms with van der Waals surface area (Å²) in [6, 6.07) is 1.80. The van der Waals surface area contributed by atoms with E-state index in [0.29, 0.717) is 0 Å². The van der Waals surface area contributed by atoms with Crippen LogP contribution in [0.3, 0.4) is 0 Å². The van der Waals surface area contributed by atoms with E-state index in [2.05, 4.69) is 11.9 Å². The van der Waals surface area contributed by atoms with Gasteiger partial charge in [-0.15, -0.1) is 0 Å². The monoisotopic (exact) mass is 223 g/mol. The topological polar surface area (TPSA) is 42.4 Å². The van der Waals surface area contributed by atoms with Crippen LogP contribution in [0.1, 0.15) is 44.6 Å². The highest BCUT2D eigenvalue weighted by Gasteiger charge is 2.01. The average molecular weight is 223 g/mol. The highest BCUT2D eigenvalue weighted by Crippen LogP contribution is 2.16. The first-order chi connectivity index (χ1) is 7.88. The van der Waals surface area contributed by atoms with Crippen LogP contribution >= 0.6 is 0 Å². The van der Waals surface area contributed by atoms with Crippen LogP contribution in [0.5, 0.6) is 5.75 Å². The first-order valence-electron chi connectivity index (χ1n) is 6.05. The smallest absolute Gasteiger partial charge is 0.127 e. The molecule has 1 rings (SSSR count). The van der Waals surface area contributed by atoms with Gasteiger partial charge in [0.25, 0.3) is 0 Å². The van der Waals surface area contributed by atoms with E-state index in [1.165, 1.54) is 25.7 Å². The van der Waals surface area contributed by atoms with Gasteiger partial charge in [0.15, 0.2) is 0 Å². The molecule has 0 saturated carbocycles. The zero-order valence-electron chi connectivity index (χ0n) is 9.98. The number of ether oxygens (including phenoxy) is 1. The Morgan fingerprint density at radius 2 is 2.06 bits per heavy atom. The summed E-state index contributed by atoms with van der Waals surface area (Å²) < 4.78 is 5.61. The number of nitrogens with zero attached hydrogens (tertiary/aromatic N) is 1. The van der Waals surface area contributed by atoms with Crippen LogP contribution in [0, 0.1) is 0 Å². The number of rotatable bonds is 8. The van der Waals surface area contributed by atoms with E-state index in [4.69, 9.17) is 9.84 Å². The molecule has 0 aliphatic rings. The predicted octanol–water partition coefficient (Wildman–Crippen LogP) is 2.92. The first kappa shape index (κ1) is 13.0. The Morgan fingerprint density at radius 3 is 2.81 bits per heavy atom. The number of hydrogen-bond donors (Lipinski definition) is 1. The number of aliphatic hydroxyl groups excluding tert-OH is 1. The average Bonchev–Trinajstić information content (AvgIpc) is 2.34. The summed E-state index contributed by atoms with van der Waals surface area (Å²) in [5, 5.41) is 9.07. The lowest BCUT2D eigenvalue weighted by Crippen LogP contribution is -2.00. The van der Waals surface area contributed by atoms with Gasteiger partial charge in [-0.25, -0.2) is 0 Å². The van der Waals surface area contributed by atoms with Crippen molar-refractivity contribution in [3.63, 3.8) is 0 Å².